The van der Waals surface area contributed by atoms with Crippen molar-refractivity contribution in [3.63, 3.8) is 0 Å². The lowest BCUT2D eigenvalue weighted by Crippen LogP contribution is -1.99. The summed E-state index contributed by atoms with van der Waals surface area (Å²) in [6.07, 6.45) is 4.51. The second kappa shape index (κ2) is 3.26. The molecular formula is C9H7N5. The molecule has 0 aromatic carbocycles. The van der Waals surface area contributed by atoms with E-state index in [1.807, 2.05) is 6.92 Å². The maximum Gasteiger partial charge on any atom is 0.138 e. The number of hydrogen-bond acceptors (Lipinski definition) is 4. The van der Waals surface area contributed by atoms with Crippen molar-refractivity contribution >= 4 is 0 Å². The van der Waals surface area contributed by atoms with Crippen LogP contribution in [-0.2, 0) is 0 Å². The van der Waals surface area contributed by atoms with Crippen LogP contribution in [0.1, 0.15) is 11.3 Å². The van der Waals surface area contributed by atoms with Crippen molar-refractivity contribution in [3.05, 3.63) is 36.2 Å². The molecule has 0 atom stereocenters. The third-order valence-electron chi connectivity index (χ3n) is 1.80. The van der Waals surface area contributed by atoms with Crippen LogP contribution in [0.25, 0.3) is 5.69 Å². The van der Waals surface area contributed by atoms with Gasteiger partial charge in [-0.25, -0.2) is 9.67 Å². The summed E-state index contributed by atoms with van der Waals surface area (Å²) in [4.78, 5) is 7.86. The van der Waals surface area contributed by atoms with Crippen LogP contribution in [0.15, 0.2) is 24.9 Å². The largest absolute Gasteiger partial charge is 0.260 e. The fraction of sp³-hybridized carbons (Fsp3) is 0.111. The molecule has 5 nitrogen and oxygen atoms in total. The lowest BCUT2D eigenvalue weighted by Gasteiger charge is -2.02. The van der Waals surface area contributed by atoms with Crippen molar-refractivity contribution in [1.29, 1.82) is 5.26 Å². The molecule has 0 spiro atoms. The second-order valence-electron chi connectivity index (χ2n) is 2.79. The van der Waals surface area contributed by atoms with E-state index >= 15 is 0 Å². The van der Waals surface area contributed by atoms with Gasteiger partial charge in [0.1, 0.15) is 18.7 Å². The van der Waals surface area contributed by atoms with Gasteiger partial charge in [0.2, 0.25) is 0 Å². The number of aryl methyl sites for hydroxylation is 1. The molecule has 2 aromatic heterocycles. The normalized spacial score (nSPS) is 9.71. The fourth-order valence-electron chi connectivity index (χ4n) is 1.15. The molecule has 0 radical (unpaired) electrons. The molecule has 0 aliphatic heterocycles. The Bertz CT molecular complexity index is 480. The summed E-state index contributed by atoms with van der Waals surface area (Å²) in [6, 6.07) is 3.86. The number of nitriles is 1. The van der Waals surface area contributed by atoms with Crippen molar-refractivity contribution in [3.8, 4) is 11.8 Å². The predicted octanol–water partition coefficient (Wildman–Crippen LogP) is 0.842. The van der Waals surface area contributed by atoms with Crippen LogP contribution >= 0.6 is 0 Å². The van der Waals surface area contributed by atoms with E-state index < -0.39 is 0 Å². The Morgan fingerprint density at radius 1 is 1.50 bits per heavy atom. The van der Waals surface area contributed by atoms with Crippen molar-refractivity contribution in [2.75, 3.05) is 0 Å². The standard InChI is InChI=1S/C9H7N5/c1-7-2-9(8(3-10)4-12-7)14-6-11-5-13-14/h2,4-6H,1H3. The Balaban J connectivity index is 2.63. The molecule has 14 heavy (non-hydrogen) atoms. The first kappa shape index (κ1) is 8.38. The highest BCUT2D eigenvalue weighted by Crippen LogP contribution is 2.11. The quantitative estimate of drug-likeness (QED) is 0.660. The topological polar surface area (TPSA) is 67.4 Å². The summed E-state index contributed by atoms with van der Waals surface area (Å²) in [7, 11) is 0. The molecule has 0 N–H and O–H groups in total. The van der Waals surface area contributed by atoms with Crippen molar-refractivity contribution < 1.29 is 0 Å². The number of pyridine rings is 1. The number of nitrogens with zero attached hydrogens (tertiary/aromatic N) is 5. The Kier molecular flexibility index (Phi) is 1.95. The first-order chi connectivity index (χ1) is 6.81. The zero-order valence-electron chi connectivity index (χ0n) is 7.55. The minimum Gasteiger partial charge on any atom is -0.260 e. The minimum absolute atomic E-state index is 0.487. The summed E-state index contributed by atoms with van der Waals surface area (Å²) in [5, 5.41) is 12.8. The van der Waals surface area contributed by atoms with Gasteiger partial charge in [0.15, 0.2) is 0 Å². The first-order valence-electron chi connectivity index (χ1n) is 4.03. The maximum atomic E-state index is 8.86. The van der Waals surface area contributed by atoms with Gasteiger partial charge in [-0.3, -0.25) is 4.98 Å². The lowest BCUT2D eigenvalue weighted by atomic mass is 10.2. The average molecular weight is 185 g/mol. The zero-order chi connectivity index (χ0) is 9.97. The van der Waals surface area contributed by atoms with Crippen LogP contribution in [0.2, 0.25) is 0 Å². The van der Waals surface area contributed by atoms with E-state index in [1.54, 1.807) is 17.1 Å². The molecule has 2 rings (SSSR count). The van der Waals surface area contributed by atoms with Gasteiger partial charge in [-0.15, -0.1) is 0 Å². The smallest absolute Gasteiger partial charge is 0.138 e. The highest BCUT2D eigenvalue weighted by molar-refractivity contribution is 5.47. The molecule has 0 aliphatic rings. The summed E-state index contributed by atoms with van der Waals surface area (Å²) in [6.45, 7) is 1.86. The van der Waals surface area contributed by atoms with E-state index in [4.69, 9.17) is 5.26 Å². The van der Waals surface area contributed by atoms with E-state index in [9.17, 15) is 0 Å². The fourth-order valence-corrected chi connectivity index (χ4v) is 1.15. The van der Waals surface area contributed by atoms with Gasteiger partial charge in [0.05, 0.1) is 11.3 Å². The lowest BCUT2D eigenvalue weighted by molar-refractivity contribution is 0.869. The van der Waals surface area contributed by atoms with Crippen LogP contribution in [0.3, 0.4) is 0 Å². The monoisotopic (exact) mass is 185 g/mol. The molecule has 0 saturated carbocycles. The molecule has 0 aliphatic carbocycles. The Labute approximate surface area is 80.7 Å². The highest BCUT2D eigenvalue weighted by atomic mass is 15.3. The summed E-state index contributed by atoms with van der Waals surface area (Å²) < 4.78 is 1.55. The van der Waals surface area contributed by atoms with Crippen molar-refractivity contribution in [1.82, 2.24) is 19.7 Å². The summed E-state index contributed by atoms with van der Waals surface area (Å²) >= 11 is 0. The predicted molar refractivity (Wildman–Crippen MR) is 48.6 cm³/mol. The van der Waals surface area contributed by atoms with Crippen LogP contribution in [-0.4, -0.2) is 19.7 Å². The van der Waals surface area contributed by atoms with E-state index in [2.05, 4.69) is 21.1 Å². The minimum atomic E-state index is 0.487. The Morgan fingerprint density at radius 3 is 3.00 bits per heavy atom. The van der Waals surface area contributed by atoms with Gasteiger partial charge in [0, 0.05) is 11.9 Å². The molecule has 68 valence electrons. The zero-order valence-corrected chi connectivity index (χ0v) is 7.55. The molecule has 5 heteroatoms. The molecule has 0 fully saturated rings. The second-order valence-corrected chi connectivity index (χ2v) is 2.79. The summed E-state index contributed by atoms with van der Waals surface area (Å²) in [5.41, 5.74) is 2.04. The Morgan fingerprint density at radius 2 is 2.36 bits per heavy atom. The van der Waals surface area contributed by atoms with Gasteiger partial charge in [-0.2, -0.15) is 10.4 Å². The number of hydrogen-bond donors (Lipinski definition) is 0. The molecular weight excluding hydrogens is 178 g/mol. The van der Waals surface area contributed by atoms with Gasteiger partial charge >= 0.3 is 0 Å². The molecule has 0 bridgehead atoms. The first-order valence-corrected chi connectivity index (χ1v) is 4.03. The highest BCUT2D eigenvalue weighted by Gasteiger charge is 2.05. The van der Waals surface area contributed by atoms with Crippen LogP contribution in [0, 0.1) is 18.3 Å². The number of rotatable bonds is 1. The van der Waals surface area contributed by atoms with E-state index in [0.717, 1.165) is 5.69 Å². The van der Waals surface area contributed by atoms with Gasteiger partial charge in [-0.1, -0.05) is 0 Å². The van der Waals surface area contributed by atoms with E-state index in [0.29, 0.717) is 11.3 Å². The average Bonchev–Trinajstić information content (AvgIpc) is 2.70. The molecule has 2 aromatic rings. The molecule has 0 saturated heterocycles. The van der Waals surface area contributed by atoms with Gasteiger partial charge < -0.3 is 0 Å². The number of aromatic nitrogens is 4. The van der Waals surface area contributed by atoms with E-state index in [1.165, 1.54) is 12.5 Å². The van der Waals surface area contributed by atoms with Crippen LogP contribution in [0.5, 0.6) is 0 Å². The van der Waals surface area contributed by atoms with Gasteiger partial charge in [-0.05, 0) is 13.0 Å². The van der Waals surface area contributed by atoms with Crippen molar-refractivity contribution in [2.45, 2.75) is 6.92 Å². The molecule has 2 heterocycles. The SMILES string of the molecule is Cc1cc(-n2cncn2)c(C#N)cn1. The molecule has 0 unspecified atom stereocenters. The van der Waals surface area contributed by atoms with Crippen molar-refractivity contribution in [2.24, 2.45) is 0 Å². The van der Waals surface area contributed by atoms with E-state index in [-0.39, 0.29) is 0 Å². The van der Waals surface area contributed by atoms with Gasteiger partial charge in [0.25, 0.3) is 0 Å². The third-order valence-corrected chi connectivity index (χ3v) is 1.80. The maximum absolute atomic E-state index is 8.86. The van der Waals surface area contributed by atoms with Crippen LogP contribution < -0.4 is 0 Å². The van der Waals surface area contributed by atoms with Crippen LogP contribution in [0.4, 0.5) is 0 Å². The third kappa shape index (κ3) is 1.33. The summed E-state index contributed by atoms with van der Waals surface area (Å²) in [5.74, 6) is 0. The molecule has 0 amide bonds. The Hall–Kier alpha value is -2.22.